The molecule has 0 atom stereocenters. The van der Waals surface area contributed by atoms with Crippen LogP contribution in [0, 0.1) is 0 Å². The minimum atomic E-state index is -4.33. The van der Waals surface area contributed by atoms with Gasteiger partial charge in [-0.15, -0.1) is 18.3 Å². The van der Waals surface area contributed by atoms with Crippen LogP contribution in [0.1, 0.15) is 0 Å². The summed E-state index contributed by atoms with van der Waals surface area (Å²) in [7, 11) is -3.38. The summed E-state index contributed by atoms with van der Waals surface area (Å²) < 4.78 is 47.9. The molecule has 1 rings (SSSR count). The van der Waals surface area contributed by atoms with Crippen LogP contribution in [-0.2, 0) is 19.1 Å². The smallest absolute Gasteiger partial charge is 0.245 e. The van der Waals surface area contributed by atoms with Gasteiger partial charge in [-0.25, -0.2) is 21.9 Å². The van der Waals surface area contributed by atoms with E-state index < -0.39 is 29.1 Å². The lowest BCUT2D eigenvalue weighted by atomic mass is 10.5. The third-order valence-electron chi connectivity index (χ3n) is 1.98. The lowest BCUT2D eigenvalue weighted by Gasteiger charge is -2.17. The average molecular weight is 327 g/mol. The van der Waals surface area contributed by atoms with Crippen LogP contribution in [0.5, 0.6) is 0 Å². The molecule has 0 spiro atoms. The fraction of sp³-hybridized carbons (Fsp3) is 0.250. The Hall–Kier alpha value is -1.23. The molecule has 1 heterocycles. The summed E-state index contributed by atoms with van der Waals surface area (Å²) >= 11 is 0. The third-order valence-corrected chi connectivity index (χ3v) is 5.07. The number of rotatable bonds is 7. The first-order chi connectivity index (χ1) is 8.75. The first kappa shape index (κ1) is 15.8. The van der Waals surface area contributed by atoms with Crippen LogP contribution in [0.2, 0.25) is 0 Å². The standard InChI is InChI=1S/C8H11ClN4O4S2/c1-3-5-13(6-4-2)19(16,17)8-7(10-12-11-8)18(9,14)15/h3-4H,1-2,5-6H2,(H,10,11,12). The van der Waals surface area contributed by atoms with Gasteiger partial charge in [0.2, 0.25) is 10.1 Å². The molecule has 0 unspecified atom stereocenters. The largest absolute Gasteiger partial charge is 0.283 e. The van der Waals surface area contributed by atoms with Crippen molar-refractivity contribution >= 4 is 29.8 Å². The maximum absolute atomic E-state index is 12.2. The Morgan fingerprint density at radius 3 is 2.16 bits per heavy atom. The predicted molar refractivity (Wildman–Crippen MR) is 68.6 cm³/mol. The van der Waals surface area contributed by atoms with Crippen LogP contribution in [0.15, 0.2) is 35.4 Å². The molecule has 0 bridgehead atoms. The Balaban J connectivity index is 3.38. The highest BCUT2D eigenvalue weighted by atomic mass is 35.7. The van der Waals surface area contributed by atoms with Gasteiger partial charge in [-0.1, -0.05) is 17.4 Å². The molecule has 8 nitrogen and oxygen atoms in total. The molecule has 0 aromatic carbocycles. The van der Waals surface area contributed by atoms with E-state index in [4.69, 9.17) is 10.7 Å². The monoisotopic (exact) mass is 326 g/mol. The Morgan fingerprint density at radius 2 is 1.74 bits per heavy atom. The Bertz CT molecular complexity index is 669. The number of nitrogens with one attached hydrogen (secondary N) is 1. The van der Waals surface area contributed by atoms with Gasteiger partial charge in [-0.05, 0) is 0 Å². The van der Waals surface area contributed by atoms with Crippen LogP contribution in [0.25, 0.3) is 0 Å². The van der Waals surface area contributed by atoms with Gasteiger partial charge in [-0.3, -0.25) is 0 Å². The summed E-state index contributed by atoms with van der Waals surface area (Å²) in [5.74, 6) is 0. The molecule has 1 N–H and O–H groups in total. The molecule has 1 aromatic rings. The molecule has 0 aliphatic carbocycles. The van der Waals surface area contributed by atoms with Crippen molar-refractivity contribution in [2.75, 3.05) is 13.1 Å². The van der Waals surface area contributed by atoms with E-state index in [9.17, 15) is 16.8 Å². The lowest BCUT2D eigenvalue weighted by molar-refractivity contribution is 0.468. The number of halogens is 1. The van der Waals surface area contributed by atoms with Gasteiger partial charge in [-0.2, -0.15) is 4.31 Å². The van der Waals surface area contributed by atoms with E-state index in [1.807, 2.05) is 5.10 Å². The van der Waals surface area contributed by atoms with Gasteiger partial charge in [0, 0.05) is 23.8 Å². The van der Waals surface area contributed by atoms with Crippen molar-refractivity contribution in [2.45, 2.75) is 10.1 Å². The van der Waals surface area contributed by atoms with Crippen LogP contribution >= 0.6 is 10.7 Å². The summed E-state index contributed by atoms with van der Waals surface area (Å²) in [6.07, 6.45) is 2.69. The molecular weight excluding hydrogens is 316 g/mol. The first-order valence-electron chi connectivity index (χ1n) is 4.82. The van der Waals surface area contributed by atoms with Crippen molar-refractivity contribution in [3.63, 3.8) is 0 Å². The second kappa shape index (κ2) is 5.82. The summed E-state index contributed by atoms with van der Waals surface area (Å²) in [5.41, 5.74) is 0. The molecular formula is C8H11ClN4O4S2. The van der Waals surface area contributed by atoms with E-state index >= 15 is 0 Å². The molecule has 0 amide bonds. The van der Waals surface area contributed by atoms with Crippen LogP contribution in [0.4, 0.5) is 0 Å². The zero-order valence-corrected chi connectivity index (χ0v) is 12.0. The van der Waals surface area contributed by atoms with Crippen molar-refractivity contribution in [2.24, 2.45) is 0 Å². The highest BCUT2D eigenvalue weighted by molar-refractivity contribution is 8.14. The second-order valence-corrected chi connectivity index (χ2v) is 7.64. The van der Waals surface area contributed by atoms with Crippen LogP contribution < -0.4 is 0 Å². The number of sulfonamides is 1. The van der Waals surface area contributed by atoms with Crippen LogP contribution in [0.3, 0.4) is 0 Å². The maximum atomic E-state index is 12.2. The number of aromatic amines is 1. The summed E-state index contributed by atoms with van der Waals surface area (Å²) in [6.45, 7) is 6.78. The maximum Gasteiger partial charge on any atom is 0.283 e. The van der Waals surface area contributed by atoms with Crippen molar-refractivity contribution in [1.29, 1.82) is 0 Å². The SMILES string of the molecule is C=CCN(CC=C)S(=O)(=O)c1[nH]nnc1S(=O)(=O)Cl. The molecule has 106 valence electrons. The van der Waals surface area contributed by atoms with E-state index in [0.29, 0.717) is 0 Å². The first-order valence-corrected chi connectivity index (χ1v) is 8.57. The average Bonchev–Trinajstić information content (AvgIpc) is 2.77. The number of hydrogen-bond acceptors (Lipinski definition) is 6. The molecule has 19 heavy (non-hydrogen) atoms. The molecule has 0 aliphatic rings. The molecule has 11 heteroatoms. The van der Waals surface area contributed by atoms with Crippen molar-refractivity contribution < 1.29 is 16.8 Å². The van der Waals surface area contributed by atoms with Gasteiger partial charge < -0.3 is 0 Å². The van der Waals surface area contributed by atoms with E-state index in [-0.39, 0.29) is 13.1 Å². The quantitative estimate of drug-likeness (QED) is 0.561. The normalized spacial score (nSPS) is 12.5. The van der Waals surface area contributed by atoms with E-state index in [0.717, 1.165) is 4.31 Å². The van der Waals surface area contributed by atoms with Gasteiger partial charge in [0.05, 0.1) is 0 Å². The van der Waals surface area contributed by atoms with Gasteiger partial charge in [0.25, 0.3) is 19.1 Å². The fourth-order valence-electron chi connectivity index (χ4n) is 1.22. The predicted octanol–water partition coefficient (Wildman–Crippen LogP) is 0.0949. The molecule has 1 aromatic heterocycles. The lowest BCUT2D eigenvalue weighted by Crippen LogP contribution is -2.32. The number of H-pyrrole nitrogens is 1. The Labute approximate surface area is 115 Å². The van der Waals surface area contributed by atoms with E-state index in [2.05, 4.69) is 23.5 Å². The highest BCUT2D eigenvalue weighted by Crippen LogP contribution is 2.22. The van der Waals surface area contributed by atoms with E-state index in [1.54, 1.807) is 0 Å². The highest BCUT2D eigenvalue weighted by Gasteiger charge is 2.33. The topological polar surface area (TPSA) is 113 Å². The fourth-order valence-corrected chi connectivity index (χ4v) is 4.02. The second-order valence-electron chi connectivity index (χ2n) is 3.28. The number of aromatic nitrogens is 3. The minimum absolute atomic E-state index is 0.0326. The van der Waals surface area contributed by atoms with Gasteiger partial charge in [0.15, 0.2) is 0 Å². The molecule has 0 saturated carbocycles. The minimum Gasteiger partial charge on any atom is -0.245 e. The van der Waals surface area contributed by atoms with Crippen molar-refractivity contribution in [3.05, 3.63) is 25.3 Å². The van der Waals surface area contributed by atoms with E-state index in [1.165, 1.54) is 12.2 Å². The number of nitrogens with zero attached hydrogens (tertiary/aromatic N) is 3. The molecule has 0 aliphatic heterocycles. The number of hydrogen-bond donors (Lipinski definition) is 1. The zero-order valence-electron chi connectivity index (χ0n) is 9.65. The summed E-state index contributed by atoms with van der Waals surface area (Å²) in [4.78, 5) is 0. The Morgan fingerprint density at radius 1 is 1.21 bits per heavy atom. The Kier molecular flexibility index (Phi) is 4.85. The summed E-state index contributed by atoms with van der Waals surface area (Å²) in [5, 5.41) is 6.83. The van der Waals surface area contributed by atoms with Crippen LogP contribution in [-0.4, -0.2) is 49.6 Å². The van der Waals surface area contributed by atoms with Gasteiger partial charge in [0.1, 0.15) is 0 Å². The molecule has 0 fully saturated rings. The molecule has 0 saturated heterocycles. The molecule has 0 radical (unpaired) electrons. The third kappa shape index (κ3) is 3.41. The zero-order chi connectivity index (χ0) is 14.7. The van der Waals surface area contributed by atoms with Crippen molar-refractivity contribution in [1.82, 2.24) is 19.7 Å². The van der Waals surface area contributed by atoms with Gasteiger partial charge >= 0.3 is 0 Å². The van der Waals surface area contributed by atoms with Crippen molar-refractivity contribution in [3.8, 4) is 0 Å². The summed E-state index contributed by atoms with van der Waals surface area (Å²) in [6, 6.07) is 0.